The number of nitrogens with one attached hydrogen (secondary N) is 1. The zero-order chi connectivity index (χ0) is 20.3. The van der Waals surface area contributed by atoms with Gasteiger partial charge in [-0.3, -0.25) is 9.69 Å². The Morgan fingerprint density at radius 1 is 1.25 bits per heavy atom. The number of nitrogens with zero attached hydrogens (tertiary/aromatic N) is 2. The second-order valence-electron chi connectivity index (χ2n) is 8.10. The van der Waals surface area contributed by atoms with E-state index in [0.717, 1.165) is 18.7 Å². The number of carbonyl (C=O) groups is 2. The van der Waals surface area contributed by atoms with E-state index in [1.807, 2.05) is 12.1 Å². The van der Waals surface area contributed by atoms with Crippen LogP contribution in [0.3, 0.4) is 0 Å². The predicted molar refractivity (Wildman–Crippen MR) is 110 cm³/mol. The van der Waals surface area contributed by atoms with Crippen molar-refractivity contribution in [1.29, 1.82) is 0 Å². The average Bonchev–Trinajstić information content (AvgIpc) is 2.61. The maximum absolute atomic E-state index is 12.9. The van der Waals surface area contributed by atoms with Gasteiger partial charge in [0.25, 0.3) is 0 Å². The lowest BCUT2D eigenvalue weighted by Gasteiger charge is -2.38. The summed E-state index contributed by atoms with van der Waals surface area (Å²) >= 11 is 6.01. The number of carbonyl (C=O) groups excluding carboxylic acids is 2. The fraction of sp³-hybridized carbons (Fsp3) is 0.571. The van der Waals surface area contributed by atoms with Crippen LogP contribution in [0.25, 0.3) is 0 Å². The number of likely N-dealkylation sites (tertiary alicyclic amines) is 1. The van der Waals surface area contributed by atoms with Crippen molar-refractivity contribution >= 4 is 29.1 Å². The molecule has 3 rings (SSSR count). The second-order valence-corrected chi connectivity index (χ2v) is 8.54. The van der Waals surface area contributed by atoms with Crippen molar-refractivity contribution in [3.8, 4) is 0 Å². The molecule has 1 aromatic carbocycles. The summed E-state index contributed by atoms with van der Waals surface area (Å²) in [5.41, 5.74) is 1.45. The average molecular weight is 406 g/mol. The molecule has 0 radical (unpaired) electrons. The molecule has 28 heavy (non-hydrogen) atoms. The molecule has 1 saturated heterocycles. The van der Waals surface area contributed by atoms with Crippen LogP contribution in [0, 0.1) is 17.8 Å². The maximum atomic E-state index is 12.9. The van der Waals surface area contributed by atoms with E-state index in [1.54, 1.807) is 12.1 Å². The van der Waals surface area contributed by atoms with Crippen LogP contribution in [0.1, 0.15) is 31.9 Å². The predicted octanol–water partition coefficient (Wildman–Crippen LogP) is 3.35. The molecule has 2 aliphatic heterocycles. The quantitative estimate of drug-likeness (QED) is 0.787. The van der Waals surface area contributed by atoms with E-state index in [1.165, 1.54) is 13.5 Å². The van der Waals surface area contributed by atoms with Crippen molar-refractivity contribution in [2.75, 3.05) is 33.4 Å². The summed E-state index contributed by atoms with van der Waals surface area (Å²) in [5.74, 6) is 0.537. The summed E-state index contributed by atoms with van der Waals surface area (Å²) < 4.78 is 5.11. The lowest BCUT2D eigenvalue weighted by molar-refractivity contribution is -0.125. The molecular formula is C21H28ClN3O3. The van der Waals surface area contributed by atoms with E-state index >= 15 is 0 Å². The van der Waals surface area contributed by atoms with E-state index < -0.39 is 18.0 Å². The van der Waals surface area contributed by atoms with E-state index in [4.69, 9.17) is 16.3 Å². The molecule has 1 N–H and O–H groups in total. The number of ether oxygens (including phenoxy) is 1. The van der Waals surface area contributed by atoms with Gasteiger partial charge in [0.05, 0.1) is 17.7 Å². The summed E-state index contributed by atoms with van der Waals surface area (Å²) in [5, 5.41) is 3.47. The Balaban J connectivity index is 1.90. The minimum Gasteiger partial charge on any atom is -0.377 e. The maximum Gasteiger partial charge on any atom is 0.341 e. The first-order chi connectivity index (χ1) is 13.4. The summed E-state index contributed by atoms with van der Waals surface area (Å²) in [6.07, 6.45) is 1.20. The van der Waals surface area contributed by atoms with Gasteiger partial charge in [-0.15, -0.1) is 0 Å². The van der Waals surface area contributed by atoms with Gasteiger partial charge in [-0.1, -0.05) is 37.6 Å². The van der Waals surface area contributed by atoms with Crippen molar-refractivity contribution in [2.24, 2.45) is 22.7 Å². The second kappa shape index (κ2) is 9.16. The lowest BCUT2D eigenvalue weighted by Crippen LogP contribution is -2.50. The molecule has 0 spiro atoms. The van der Waals surface area contributed by atoms with Crippen molar-refractivity contribution in [2.45, 2.75) is 26.3 Å². The van der Waals surface area contributed by atoms with E-state index in [0.29, 0.717) is 29.1 Å². The zero-order valence-electron chi connectivity index (χ0n) is 16.7. The molecule has 0 bridgehead atoms. The first-order valence-corrected chi connectivity index (χ1v) is 10.1. The summed E-state index contributed by atoms with van der Waals surface area (Å²) in [6.45, 7) is 6.87. The largest absolute Gasteiger partial charge is 0.377 e. The van der Waals surface area contributed by atoms with Gasteiger partial charge in [-0.2, -0.15) is 0 Å². The fourth-order valence-electron chi connectivity index (χ4n) is 4.47. The summed E-state index contributed by atoms with van der Waals surface area (Å²) in [7, 11) is 1.50. The Labute approximate surface area is 171 Å². The van der Waals surface area contributed by atoms with Crippen LogP contribution in [-0.2, 0) is 9.53 Å². The number of halogens is 1. The third-order valence-corrected chi connectivity index (χ3v) is 5.66. The Kier molecular flexibility index (Phi) is 6.86. The highest BCUT2D eigenvalue weighted by Crippen LogP contribution is 2.30. The van der Waals surface area contributed by atoms with Crippen molar-refractivity contribution in [3.05, 3.63) is 34.9 Å². The number of ketones is 1. The standard InChI is InChI=1S/C21H28ClN3O3/c1-13-8-14(2)10-25(9-13)11-17-19(18(26)12-28-3)20(24-21(27)23-17)15-4-6-16(22)7-5-15/h4-7,13-14,19-20H,8-12H2,1-3H3,(H,24,27). The Morgan fingerprint density at radius 2 is 1.89 bits per heavy atom. The van der Waals surface area contributed by atoms with Crippen LogP contribution in [0.15, 0.2) is 29.3 Å². The van der Waals surface area contributed by atoms with Crippen LogP contribution in [0.4, 0.5) is 4.79 Å². The van der Waals surface area contributed by atoms with Crippen LogP contribution in [0.5, 0.6) is 0 Å². The van der Waals surface area contributed by atoms with Crippen molar-refractivity contribution < 1.29 is 14.3 Å². The third kappa shape index (κ3) is 4.99. The van der Waals surface area contributed by atoms with Crippen molar-refractivity contribution in [3.63, 3.8) is 0 Å². The van der Waals surface area contributed by atoms with Gasteiger partial charge >= 0.3 is 6.03 Å². The van der Waals surface area contributed by atoms with E-state index in [2.05, 4.69) is 29.1 Å². The number of Topliss-reactive ketones (excluding diaryl/α,β-unsaturated/α-hetero) is 1. The van der Waals surface area contributed by atoms with Crippen LogP contribution in [0.2, 0.25) is 5.02 Å². The number of amides is 2. The van der Waals surface area contributed by atoms with Crippen LogP contribution < -0.4 is 5.32 Å². The Hall–Kier alpha value is -1.76. The molecule has 4 atom stereocenters. The number of methoxy groups -OCH3 is 1. The van der Waals surface area contributed by atoms with Gasteiger partial charge < -0.3 is 10.1 Å². The van der Waals surface area contributed by atoms with Crippen LogP contribution in [-0.4, -0.2) is 55.8 Å². The highest BCUT2D eigenvalue weighted by Gasteiger charge is 2.39. The molecule has 7 heteroatoms. The van der Waals surface area contributed by atoms with Gasteiger partial charge in [0, 0.05) is 31.8 Å². The van der Waals surface area contributed by atoms with Gasteiger partial charge in [0.15, 0.2) is 5.78 Å². The number of aliphatic imine (C=N–C) groups is 1. The molecule has 0 saturated carbocycles. The number of piperidine rings is 1. The van der Waals surface area contributed by atoms with Gasteiger partial charge in [-0.25, -0.2) is 9.79 Å². The normalized spacial score (nSPS) is 28.6. The van der Waals surface area contributed by atoms with Gasteiger partial charge in [0.1, 0.15) is 6.61 Å². The first kappa shape index (κ1) is 21.0. The van der Waals surface area contributed by atoms with E-state index in [9.17, 15) is 9.59 Å². The Morgan fingerprint density at radius 3 is 2.50 bits per heavy atom. The van der Waals surface area contributed by atoms with Crippen LogP contribution >= 0.6 is 11.6 Å². The number of hydrogen-bond acceptors (Lipinski definition) is 4. The molecule has 1 aromatic rings. The molecule has 0 aliphatic carbocycles. The lowest BCUT2D eigenvalue weighted by atomic mass is 9.83. The number of benzene rings is 1. The fourth-order valence-corrected chi connectivity index (χ4v) is 4.60. The third-order valence-electron chi connectivity index (χ3n) is 5.41. The molecule has 2 heterocycles. The van der Waals surface area contributed by atoms with Crippen molar-refractivity contribution in [1.82, 2.24) is 10.2 Å². The minimum absolute atomic E-state index is 0.0174. The molecule has 1 fully saturated rings. The molecule has 152 valence electrons. The number of hydrogen-bond donors (Lipinski definition) is 1. The molecule has 2 aliphatic rings. The highest BCUT2D eigenvalue weighted by atomic mass is 35.5. The Bertz CT molecular complexity index is 740. The zero-order valence-corrected chi connectivity index (χ0v) is 17.4. The molecule has 2 amide bonds. The number of rotatable bonds is 6. The highest BCUT2D eigenvalue weighted by molar-refractivity contribution is 6.30. The minimum atomic E-state index is -0.550. The number of urea groups is 1. The molecule has 0 aromatic heterocycles. The SMILES string of the molecule is COCC(=O)C1C(CN2CC(C)CC(C)C2)=NC(=O)NC1c1ccc(Cl)cc1. The summed E-state index contributed by atoms with van der Waals surface area (Å²) in [4.78, 5) is 31.8. The smallest absolute Gasteiger partial charge is 0.341 e. The van der Waals surface area contributed by atoms with Gasteiger partial charge in [-0.05, 0) is 36.0 Å². The molecular weight excluding hydrogens is 378 g/mol. The first-order valence-electron chi connectivity index (χ1n) is 9.74. The van der Waals surface area contributed by atoms with Gasteiger partial charge in [0.2, 0.25) is 0 Å². The topological polar surface area (TPSA) is 71.0 Å². The molecule has 6 nitrogen and oxygen atoms in total. The monoisotopic (exact) mass is 405 g/mol. The van der Waals surface area contributed by atoms with E-state index in [-0.39, 0.29) is 12.4 Å². The molecule has 4 unspecified atom stereocenters. The summed E-state index contributed by atoms with van der Waals surface area (Å²) in [6, 6.07) is 6.33.